The first-order valence-corrected chi connectivity index (χ1v) is 4.80. The van der Waals surface area contributed by atoms with Crippen LogP contribution in [-0.4, -0.2) is 11.7 Å². The maximum atomic E-state index is 11.3. The molecule has 0 aromatic carbocycles. The van der Waals surface area contributed by atoms with E-state index in [0.29, 0.717) is 6.42 Å². The predicted molar refractivity (Wildman–Crippen MR) is 47.8 cm³/mol. The maximum Gasteiger partial charge on any atom is 0.227 e. The minimum atomic E-state index is 0.0981. The van der Waals surface area contributed by atoms with Crippen molar-refractivity contribution >= 4 is 11.7 Å². The van der Waals surface area contributed by atoms with Gasteiger partial charge in [0.05, 0.1) is 0 Å². The van der Waals surface area contributed by atoms with Crippen LogP contribution < -0.4 is 5.32 Å². The summed E-state index contributed by atoms with van der Waals surface area (Å²) in [5.41, 5.74) is 0.813. The van der Waals surface area contributed by atoms with Crippen LogP contribution in [-0.2, 0) is 9.59 Å². The fourth-order valence-corrected chi connectivity index (χ4v) is 1.50. The average Bonchev–Trinajstić information content (AvgIpc) is 2.85. The van der Waals surface area contributed by atoms with Gasteiger partial charge in [0.15, 0.2) is 5.78 Å². The van der Waals surface area contributed by atoms with Crippen LogP contribution in [0.25, 0.3) is 0 Å². The van der Waals surface area contributed by atoms with Crippen LogP contribution in [0.5, 0.6) is 0 Å². The predicted octanol–water partition coefficient (Wildman–Crippen LogP) is 1.15. The summed E-state index contributed by atoms with van der Waals surface area (Å²) in [7, 11) is 0. The highest BCUT2D eigenvalue weighted by Crippen LogP contribution is 2.29. The fourth-order valence-electron chi connectivity index (χ4n) is 1.50. The van der Waals surface area contributed by atoms with E-state index in [1.54, 1.807) is 6.08 Å². The molecule has 3 heteroatoms. The Morgan fingerprint density at radius 2 is 2.15 bits per heavy atom. The maximum absolute atomic E-state index is 11.3. The number of carbonyl (C=O) groups is 2. The van der Waals surface area contributed by atoms with Gasteiger partial charge in [0, 0.05) is 24.1 Å². The average molecular weight is 179 g/mol. The Balaban J connectivity index is 1.92. The van der Waals surface area contributed by atoms with Gasteiger partial charge in [-0.25, -0.2) is 0 Å². The van der Waals surface area contributed by atoms with Gasteiger partial charge >= 0.3 is 0 Å². The van der Waals surface area contributed by atoms with E-state index in [9.17, 15) is 9.59 Å². The number of hydrogen-bond acceptors (Lipinski definition) is 2. The number of rotatable bonds is 2. The lowest BCUT2D eigenvalue weighted by Gasteiger charge is -2.12. The highest BCUT2D eigenvalue weighted by Gasteiger charge is 2.30. The van der Waals surface area contributed by atoms with Crippen molar-refractivity contribution in [2.24, 2.45) is 5.92 Å². The van der Waals surface area contributed by atoms with Crippen molar-refractivity contribution in [2.45, 2.75) is 32.1 Å². The lowest BCUT2D eigenvalue weighted by molar-refractivity contribution is -0.121. The SMILES string of the molecule is O=C1C=C(NC(=O)C2CC2)CCC1. The molecule has 0 unspecified atom stereocenters. The van der Waals surface area contributed by atoms with Crippen LogP contribution in [0.1, 0.15) is 32.1 Å². The summed E-state index contributed by atoms with van der Waals surface area (Å²) >= 11 is 0. The molecular formula is C10H13NO2. The van der Waals surface area contributed by atoms with Crippen LogP contribution in [0.4, 0.5) is 0 Å². The molecule has 0 spiro atoms. The van der Waals surface area contributed by atoms with E-state index in [4.69, 9.17) is 0 Å². The van der Waals surface area contributed by atoms with Crippen LogP contribution in [0.3, 0.4) is 0 Å². The quantitative estimate of drug-likeness (QED) is 0.691. The Labute approximate surface area is 77.2 Å². The first kappa shape index (κ1) is 8.48. The number of ketones is 1. The summed E-state index contributed by atoms with van der Waals surface area (Å²) in [6.45, 7) is 0. The Kier molecular flexibility index (Phi) is 2.17. The third-order valence-corrected chi connectivity index (χ3v) is 2.44. The molecule has 2 aliphatic rings. The molecule has 1 saturated carbocycles. The molecule has 0 aromatic rings. The van der Waals surface area contributed by atoms with Crippen LogP contribution in [0.2, 0.25) is 0 Å². The van der Waals surface area contributed by atoms with E-state index < -0.39 is 0 Å². The van der Waals surface area contributed by atoms with Crippen molar-refractivity contribution in [3.63, 3.8) is 0 Å². The third kappa shape index (κ3) is 2.17. The lowest BCUT2D eigenvalue weighted by Crippen LogP contribution is -2.26. The summed E-state index contributed by atoms with van der Waals surface area (Å²) in [5.74, 6) is 0.455. The highest BCUT2D eigenvalue weighted by molar-refractivity contribution is 5.92. The van der Waals surface area contributed by atoms with Gasteiger partial charge in [0.2, 0.25) is 5.91 Å². The van der Waals surface area contributed by atoms with Crippen molar-refractivity contribution in [1.29, 1.82) is 0 Å². The Bertz CT molecular complexity index is 277. The molecule has 2 rings (SSSR count). The molecule has 0 saturated heterocycles. The van der Waals surface area contributed by atoms with Gasteiger partial charge in [0.1, 0.15) is 0 Å². The largest absolute Gasteiger partial charge is 0.329 e. The summed E-state index contributed by atoms with van der Waals surface area (Å²) in [6, 6.07) is 0. The van der Waals surface area contributed by atoms with Crippen LogP contribution >= 0.6 is 0 Å². The Hall–Kier alpha value is -1.12. The van der Waals surface area contributed by atoms with E-state index in [-0.39, 0.29) is 17.6 Å². The van der Waals surface area contributed by atoms with Gasteiger partial charge in [-0.15, -0.1) is 0 Å². The van der Waals surface area contributed by atoms with Gasteiger partial charge in [-0.3, -0.25) is 9.59 Å². The number of carbonyl (C=O) groups excluding carboxylic acids is 2. The number of amides is 1. The van der Waals surface area contributed by atoms with E-state index in [1.165, 1.54) is 0 Å². The standard InChI is InChI=1S/C10H13NO2/c12-9-3-1-2-8(6-9)11-10(13)7-4-5-7/h6-7H,1-5H2,(H,11,13). The second-order valence-electron chi connectivity index (χ2n) is 3.75. The second kappa shape index (κ2) is 3.32. The normalized spacial score (nSPS) is 22.5. The van der Waals surface area contributed by atoms with Gasteiger partial charge < -0.3 is 5.32 Å². The monoisotopic (exact) mass is 179 g/mol. The first-order valence-electron chi connectivity index (χ1n) is 4.80. The molecule has 3 nitrogen and oxygen atoms in total. The van der Waals surface area contributed by atoms with Gasteiger partial charge in [-0.1, -0.05) is 0 Å². The highest BCUT2D eigenvalue weighted by atomic mass is 16.2. The summed E-state index contributed by atoms with van der Waals surface area (Å²) < 4.78 is 0. The molecule has 1 N–H and O–H groups in total. The molecule has 13 heavy (non-hydrogen) atoms. The van der Waals surface area contributed by atoms with Crippen molar-refractivity contribution in [1.82, 2.24) is 5.32 Å². The molecule has 0 aliphatic heterocycles. The van der Waals surface area contributed by atoms with Crippen LogP contribution in [0, 0.1) is 5.92 Å². The number of hydrogen-bond donors (Lipinski definition) is 1. The summed E-state index contributed by atoms with van der Waals surface area (Å²) in [4.78, 5) is 22.3. The smallest absolute Gasteiger partial charge is 0.227 e. The van der Waals surface area contributed by atoms with Gasteiger partial charge in [-0.05, 0) is 25.7 Å². The number of allylic oxidation sites excluding steroid dienone is 2. The number of nitrogens with one attached hydrogen (secondary N) is 1. The van der Waals surface area contributed by atoms with E-state index in [0.717, 1.165) is 31.4 Å². The van der Waals surface area contributed by atoms with Gasteiger partial charge in [0.25, 0.3) is 0 Å². The minimum Gasteiger partial charge on any atom is -0.329 e. The topological polar surface area (TPSA) is 46.2 Å². The zero-order valence-corrected chi connectivity index (χ0v) is 7.51. The molecule has 0 heterocycles. The van der Waals surface area contributed by atoms with Crippen LogP contribution in [0.15, 0.2) is 11.8 Å². The molecule has 1 amide bonds. The minimum absolute atomic E-state index is 0.0981. The molecule has 2 aliphatic carbocycles. The molecule has 0 atom stereocenters. The molecule has 0 aromatic heterocycles. The zero-order valence-electron chi connectivity index (χ0n) is 7.51. The van der Waals surface area contributed by atoms with Gasteiger partial charge in [-0.2, -0.15) is 0 Å². The van der Waals surface area contributed by atoms with Crippen molar-refractivity contribution < 1.29 is 9.59 Å². The van der Waals surface area contributed by atoms with E-state index >= 15 is 0 Å². The van der Waals surface area contributed by atoms with E-state index in [1.807, 2.05) is 0 Å². The molecule has 70 valence electrons. The molecule has 0 radical (unpaired) electrons. The fraction of sp³-hybridized carbons (Fsp3) is 0.600. The van der Waals surface area contributed by atoms with Crippen molar-refractivity contribution in [3.8, 4) is 0 Å². The van der Waals surface area contributed by atoms with Crippen molar-refractivity contribution in [3.05, 3.63) is 11.8 Å². The second-order valence-corrected chi connectivity index (χ2v) is 3.75. The van der Waals surface area contributed by atoms with Crippen molar-refractivity contribution in [2.75, 3.05) is 0 Å². The summed E-state index contributed by atoms with van der Waals surface area (Å²) in [6.07, 6.45) is 5.92. The molecule has 1 fully saturated rings. The molecular weight excluding hydrogens is 166 g/mol. The summed E-state index contributed by atoms with van der Waals surface area (Å²) in [5, 5.41) is 2.81. The lowest BCUT2D eigenvalue weighted by atomic mass is 10.0. The first-order chi connectivity index (χ1) is 6.25. The Morgan fingerprint density at radius 1 is 1.38 bits per heavy atom. The third-order valence-electron chi connectivity index (χ3n) is 2.44. The Morgan fingerprint density at radius 3 is 2.77 bits per heavy atom. The van der Waals surface area contributed by atoms with E-state index in [2.05, 4.69) is 5.32 Å². The molecule has 0 bridgehead atoms. The zero-order chi connectivity index (χ0) is 9.26.